The zero-order chi connectivity index (χ0) is 20.7. The van der Waals surface area contributed by atoms with Crippen LogP contribution >= 0.6 is 0 Å². The first-order valence-electron chi connectivity index (χ1n) is 10.1. The third-order valence-corrected chi connectivity index (χ3v) is 5.79. The number of carbonyl (C=O) groups excluding carboxylic acids is 2. The molecule has 156 valence electrons. The summed E-state index contributed by atoms with van der Waals surface area (Å²) in [6.45, 7) is 7.25. The number of allylic oxidation sites excluding steroid dienone is 2. The highest BCUT2D eigenvalue weighted by molar-refractivity contribution is 5.97. The number of piperidine rings is 1. The predicted molar refractivity (Wildman–Crippen MR) is 113 cm³/mol. The lowest BCUT2D eigenvalue weighted by atomic mass is 9.88. The summed E-state index contributed by atoms with van der Waals surface area (Å²) in [6, 6.07) is 9.77. The van der Waals surface area contributed by atoms with E-state index in [0.29, 0.717) is 6.54 Å². The molecule has 2 aliphatic heterocycles. The van der Waals surface area contributed by atoms with Crippen LogP contribution < -0.4 is 4.90 Å². The molecule has 0 radical (unpaired) electrons. The van der Waals surface area contributed by atoms with E-state index in [1.807, 2.05) is 35.2 Å². The minimum Gasteiger partial charge on any atom is -0.381 e. The van der Waals surface area contributed by atoms with Gasteiger partial charge in [-0.2, -0.15) is 0 Å². The van der Waals surface area contributed by atoms with Gasteiger partial charge in [0.25, 0.3) is 5.91 Å². The average Bonchev–Trinajstić information content (AvgIpc) is 2.75. The molecule has 1 aromatic carbocycles. The molecule has 1 amide bonds. The highest BCUT2D eigenvalue weighted by Crippen LogP contribution is 2.35. The molecule has 0 N–H and O–H groups in total. The van der Waals surface area contributed by atoms with Crippen LogP contribution in [-0.2, 0) is 19.1 Å². The molecule has 0 aliphatic carbocycles. The van der Waals surface area contributed by atoms with E-state index in [9.17, 15) is 9.59 Å². The molecular weight excluding hydrogens is 368 g/mol. The van der Waals surface area contributed by atoms with Crippen LogP contribution in [0.1, 0.15) is 19.3 Å². The highest BCUT2D eigenvalue weighted by atomic mass is 16.6. The Hall–Kier alpha value is -2.28. The van der Waals surface area contributed by atoms with Gasteiger partial charge in [-0.05, 0) is 43.0 Å². The number of para-hydroxylation sites is 1. The number of likely N-dealkylation sites (tertiary alicyclic amines) is 1. The number of ether oxygens (including phenoxy) is 2. The number of nitrogens with zero attached hydrogens (tertiary/aromatic N) is 2. The highest BCUT2D eigenvalue weighted by Gasteiger charge is 2.47. The summed E-state index contributed by atoms with van der Waals surface area (Å²) in [6.07, 6.45) is 6.04. The van der Waals surface area contributed by atoms with Crippen molar-refractivity contribution in [3.05, 3.63) is 54.6 Å². The number of benzene rings is 1. The lowest BCUT2D eigenvalue weighted by Crippen LogP contribution is -2.63. The van der Waals surface area contributed by atoms with Gasteiger partial charge in [-0.3, -0.25) is 9.59 Å². The van der Waals surface area contributed by atoms with Gasteiger partial charge in [-0.25, -0.2) is 0 Å². The number of morpholine rings is 1. The van der Waals surface area contributed by atoms with Crippen LogP contribution in [0.2, 0.25) is 0 Å². The molecule has 0 saturated carbocycles. The fourth-order valence-corrected chi connectivity index (χ4v) is 4.10. The molecule has 1 spiro atoms. The Labute approximate surface area is 172 Å². The minimum atomic E-state index is -0.580. The lowest BCUT2D eigenvalue weighted by molar-refractivity contribution is -0.172. The van der Waals surface area contributed by atoms with Crippen LogP contribution in [0.25, 0.3) is 0 Å². The van der Waals surface area contributed by atoms with Crippen molar-refractivity contribution in [2.24, 2.45) is 0 Å². The largest absolute Gasteiger partial charge is 0.381 e. The van der Waals surface area contributed by atoms with Crippen molar-refractivity contribution in [1.82, 2.24) is 4.90 Å². The second-order valence-electron chi connectivity index (χ2n) is 7.68. The van der Waals surface area contributed by atoms with Gasteiger partial charge in [0.1, 0.15) is 6.29 Å². The number of aldehydes is 1. The Morgan fingerprint density at radius 1 is 1.31 bits per heavy atom. The van der Waals surface area contributed by atoms with Crippen molar-refractivity contribution in [2.75, 3.05) is 44.8 Å². The van der Waals surface area contributed by atoms with Crippen LogP contribution in [0.4, 0.5) is 5.69 Å². The molecule has 6 nitrogen and oxygen atoms in total. The smallest absolute Gasteiger partial charge is 0.258 e. The first-order valence-corrected chi connectivity index (χ1v) is 10.1. The Bertz CT molecular complexity index is 739. The zero-order valence-electron chi connectivity index (χ0n) is 17.1. The maximum atomic E-state index is 12.9. The standard InChI is InChI=1S/C23H30N2O4/c1-3-19(10-16-26)9-13-24-14-11-23(12-15-24)18-25(20-7-5-4-6-8-20)22(27)21(29-23)17-28-2/h3-8,10,16,21H,1,9,11-15,17-18H2,2H3/b19-10+/t21-/m0/s1. The van der Waals surface area contributed by atoms with E-state index in [4.69, 9.17) is 9.47 Å². The molecule has 2 heterocycles. The van der Waals surface area contributed by atoms with Gasteiger partial charge >= 0.3 is 0 Å². The predicted octanol–water partition coefficient (Wildman–Crippen LogP) is 2.60. The van der Waals surface area contributed by atoms with Gasteiger partial charge in [0, 0.05) is 32.4 Å². The molecule has 0 unspecified atom stereocenters. The van der Waals surface area contributed by atoms with Gasteiger partial charge in [-0.1, -0.05) is 30.9 Å². The second kappa shape index (κ2) is 9.96. The van der Waals surface area contributed by atoms with Crippen molar-refractivity contribution in [3.8, 4) is 0 Å². The number of carbonyl (C=O) groups is 2. The van der Waals surface area contributed by atoms with Gasteiger partial charge in [-0.15, -0.1) is 0 Å². The number of anilines is 1. The van der Waals surface area contributed by atoms with E-state index in [0.717, 1.165) is 56.4 Å². The Morgan fingerprint density at radius 2 is 2.03 bits per heavy atom. The van der Waals surface area contributed by atoms with Crippen molar-refractivity contribution in [3.63, 3.8) is 0 Å². The molecule has 0 aromatic heterocycles. The maximum Gasteiger partial charge on any atom is 0.258 e. The summed E-state index contributed by atoms with van der Waals surface area (Å²) < 4.78 is 11.6. The third kappa shape index (κ3) is 5.21. The number of hydrogen-bond donors (Lipinski definition) is 0. The molecular formula is C23H30N2O4. The topological polar surface area (TPSA) is 59.1 Å². The number of hydrogen-bond acceptors (Lipinski definition) is 5. The van der Waals surface area contributed by atoms with E-state index < -0.39 is 6.10 Å². The monoisotopic (exact) mass is 398 g/mol. The van der Waals surface area contributed by atoms with Crippen LogP contribution in [0.15, 0.2) is 54.6 Å². The maximum absolute atomic E-state index is 12.9. The van der Waals surface area contributed by atoms with Crippen LogP contribution in [-0.4, -0.2) is 68.7 Å². The van der Waals surface area contributed by atoms with Crippen molar-refractivity contribution < 1.29 is 19.1 Å². The van der Waals surface area contributed by atoms with Crippen molar-refractivity contribution >= 4 is 17.9 Å². The average molecular weight is 399 g/mol. The molecule has 2 saturated heterocycles. The summed E-state index contributed by atoms with van der Waals surface area (Å²) in [7, 11) is 1.59. The SMILES string of the molecule is C=C/C(=C\C=O)CCN1CCC2(CC1)CN(c1ccccc1)C(=O)[C@H](COC)O2. The molecule has 1 atom stereocenters. The van der Waals surface area contributed by atoms with E-state index in [1.54, 1.807) is 19.3 Å². The van der Waals surface area contributed by atoms with Crippen LogP contribution in [0.5, 0.6) is 0 Å². The molecule has 29 heavy (non-hydrogen) atoms. The Morgan fingerprint density at radius 3 is 2.66 bits per heavy atom. The number of methoxy groups -OCH3 is 1. The van der Waals surface area contributed by atoms with Crippen LogP contribution in [0, 0.1) is 0 Å². The first kappa shape index (κ1) is 21.4. The number of rotatable bonds is 8. The molecule has 2 fully saturated rings. The summed E-state index contributed by atoms with van der Waals surface area (Å²) in [4.78, 5) is 27.9. The molecule has 0 bridgehead atoms. The zero-order valence-corrected chi connectivity index (χ0v) is 17.1. The fourth-order valence-electron chi connectivity index (χ4n) is 4.10. The summed E-state index contributed by atoms with van der Waals surface area (Å²) in [5, 5.41) is 0. The van der Waals surface area contributed by atoms with Gasteiger partial charge < -0.3 is 19.3 Å². The van der Waals surface area contributed by atoms with E-state index in [-0.39, 0.29) is 18.1 Å². The van der Waals surface area contributed by atoms with Crippen molar-refractivity contribution in [1.29, 1.82) is 0 Å². The third-order valence-electron chi connectivity index (χ3n) is 5.79. The molecule has 2 aliphatic rings. The minimum absolute atomic E-state index is 0.0410. The van der Waals surface area contributed by atoms with Gasteiger partial charge in [0.15, 0.2) is 6.10 Å². The summed E-state index contributed by atoms with van der Waals surface area (Å²) >= 11 is 0. The van der Waals surface area contributed by atoms with Crippen molar-refractivity contribution in [2.45, 2.75) is 31.0 Å². The fraction of sp³-hybridized carbons (Fsp3) is 0.478. The molecule has 6 heteroatoms. The summed E-state index contributed by atoms with van der Waals surface area (Å²) in [5.74, 6) is -0.0410. The van der Waals surface area contributed by atoms with Crippen LogP contribution in [0.3, 0.4) is 0 Å². The second-order valence-corrected chi connectivity index (χ2v) is 7.68. The van der Waals surface area contributed by atoms with Gasteiger partial charge in [0.05, 0.1) is 18.8 Å². The number of amides is 1. The first-order chi connectivity index (χ1) is 14.1. The Balaban J connectivity index is 1.67. The molecule has 3 rings (SSSR count). The Kier molecular flexibility index (Phi) is 7.36. The van der Waals surface area contributed by atoms with E-state index in [2.05, 4.69) is 11.5 Å². The lowest BCUT2D eigenvalue weighted by Gasteiger charge is -2.49. The quantitative estimate of drug-likeness (QED) is 0.383. The van der Waals surface area contributed by atoms with Gasteiger partial charge in [0.2, 0.25) is 0 Å². The van der Waals surface area contributed by atoms with E-state index >= 15 is 0 Å². The summed E-state index contributed by atoms with van der Waals surface area (Å²) in [5.41, 5.74) is 1.50. The normalized spacial score (nSPS) is 22.7. The molecule has 1 aromatic rings. The van der Waals surface area contributed by atoms with E-state index in [1.165, 1.54) is 0 Å².